The van der Waals surface area contributed by atoms with Crippen LogP contribution in [-0.2, 0) is 0 Å². The number of hydrogen-bond acceptors (Lipinski definition) is 1. The summed E-state index contributed by atoms with van der Waals surface area (Å²) in [4.78, 5) is 4.47. The Morgan fingerprint density at radius 2 is 2.12 bits per heavy atom. The lowest BCUT2D eigenvalue weighted by Crippen LogP contribution is -1.81. The van der Waals surface area contributed by atoms with Gasteiger partial charge in [0.25, 0.3) is 0 Å². The third-order valence-electron chi connectivity index (χ3n) is 2.54. The molecule has 1 aromatic carbocycles. The van der Waals surface area contributed by atoms with Crippen LogP contribution in [0.3, 0.4) is 0 Å². The van der Waals surface area contributed by atoms with Gasteiger partial charge in [0.2, 0.25) is 0 Å². The van der Waals surface area contributed by atoms with Gasteiger partial charge in [0, 0.05) is 12.6 Å². The highest BCUT2D eigenvalue weighted by molar-refractivity contribution is 5.68. The van der Waals surface area contributed by atoms with Crippen LogP contribution in [0.1, 0.15) is 24.5 Å². The first kappa shape index (κ1) is 12.4. The van der Waals surface area contributed by atoms with Crippen molar-refractivity contribution in [1.29, 1.82) is 0 Å². The Morgan fingerprint density at radius 1 is 1.38 bits per heavy atom. The lowest BCUT2D eigenvalue weighted by atomic mass is 10.1. The van der Waals surface area contributed by atoms with Crippen LogP contribution in [0.4, 0.5) is 5.69 Å². The highest BCUT2D eigenvalue weighted by atomic mass is 14.7. The van der Waals surface area contributed by atoms with Crippen molar-refractivity contribution in [3.8, 4) is 0 Å². The summed E-state index contributed by atoms with van der Waals surface area (Å²) in [5.41, 5.74) is 4.74. The van der Waals surface area contributed by atoms with Crippen LogP contribution in [-0.4, -0.2) is 6.21 Å². The van der Waals surface area contributed by atoms with E-state index in [0.29, 0.717) is 0 Å². The molecule has 1 aromatic rings. The summed E-state index contributed by atoms with van der Waals surface area (Å²) in [6, 6.07) is 6.30. The van der Waals surface area contributed by atoms with Crippen LogP contribution in [0.2, 0.25) is 0 Å². The van der Waals surface area contributed by atoms with Crippen LogP contribution in [0.5, 0.6) is 0 Å². The van der Waals surface area contributed by atoms with Gasteiger partial charge in [-0.05, 0) is 38.0 Å². The Morgan fingerprint density at radius 3 is 2.69 bits per heavy atom. The van der Waals surface area contributed by atoms with Crippen molar-refractivity contribution in [3.05, 3.63) is 53.6 Å². The molecule has 0 aliphatic rings. The zero-order valence-corrected chi connectivity index (χ0v) is 10.3. The minimum atomic E-state index is 0.841. The van der Waals surface area contributed by atoms with Gasteiger partial charge in [-0.15, -0.1) is 0 Å². The summed E-state index contributed by atoms with van der Waals surface area (Å²) < 4.78 is 0. The molecular formula is C15H19N. The van der Waals surface area contributed by atoms with E-state index >= 15 is 0 Å². The first-order chi connectivity index (χ1) is 7.67. The lowest BCUT2D eigenvalue weighted by Gasteiger charge is -2.01. The molecule has 0 bridgehead atoms. The monoisotopic (exact) mass is 213 g/mol. The molecule has 0 atom stereocenters. The van der Waals surface area contributed by atoms with Crippen molar-refractivity contribution in [3.63, 3.8) is 0 Å². The van der Waals surface area contributed by atoms with Gasteiger partial charge in [-0.2, -0.15) is 0 Å². The van der Waals surface area contributed by atoms with Gasteiger partial charge in [0.15, 0.2) is 0 Å². The van der Waals surface area contributed by atoms with E-state index in [1.165, 1.54) is 16.7 Å². The highest BCUT2D eigenvalue weighted by Crippen LogP contribution is 2.19. The molecule has 1 nitrogen and oxygen atoms in total. The maximum Gasteiger partial charge on any atom is 0.0655 e. The largest absolute Gasteiger partial charge is 0.261 e. The third-order valence-corrected chi connectivity index (χ3v) is 2.54. The zero-order chi connectivity index (χ0) is 12.0. The molecule has 84 valence electrons. The number of rotatable bonds is 4. The van der Waals surface area contributed by atoms with Crippen molar-refractivity contribution >= 4 is 11.9 Å². The van der Waals surface area contributed by atoms with Crippen LogP contribution in [0, 0.1) is 13.8 Å². The average molecular weight is 213 g/mol. The third kappa shape index (κ3) is 3.50. The van der Waals surface area contributed by atoms with Gasteiger partial charge < -0.3 is 0 Å². The SMILES string of the molecule is C=C/C(=C\C)C/C=N\c1ccc(C)cc1C. The quantitative estimate of drug-likeness (QED) is 0.515. The number of nitrogens with zero attached hydrogens (tertiary/aromatic N) is 1. The molecule has 1 rings (SSSR count). The summed E-state index contributed by atoms with van der Waals surface area (Å²) in [6.45, 7) is 9.95. The summed E-state index contributed by atoms with van der Waals surface area (Å²) in [6.07, 6.45) is 6.71. The predicted molar refractivity (Wildman–Crippen MR) is 72.6 cm³/mol. The zero-order valence-electron chi connectivity index (χ0n) is 10.3. The summed E-state index contributed by atoms with van der Waals surface area (Å²) >= 11 is 0. The molecule has 0 spiro atoms. The summed E-state index contributed by atoms with van der Waals surface area (Å²) in [5.74, 6) is 0. The second-order valence-electron chi connectivity index (χ2n) is 3.87. The predicted octanol–water partition coefficient (Wildman–Crippen LogP) is 4.53. The van der Waals surface area contributed by atoms with E-state index in [0.717, 1.165) is 12.1 Å². The van der Waals surface area contributed by atoms with E-state index in [-0.39, 0.29) is 0 Å². The second-order valence-corrected chi connectivity index (χ2v) is 3.87. The normalized spacial score (nSPS) is 12.1. The molecule has 0 heterocycles. The molecule has 0 aliphatic carbocycles. The van der Waals surface area contributed by atoms with Crippen molar-refractivity contribution in [2.45, 2.75) is 27.2 Å². The van der Waals surface area contributed by atoms with Crippen molar-refractivity contribution in [2.75, 3.05) is 0 Å². The molecular weight excluding hydrogens is 194 g/mol. The van der Waals surface area contributed by atoms with E-state index in [1.54, 1.807) is 0 Å². The fourth-order valence-corrected chi connectivity index (χ4v) is 1.52. The first-order valence-electron chi connectivity index (χ1n) is 5.54. The minimum Gasteiger partial charge on any atom is -0.261 e. The van der Waals surface area contributed by atoms with Gasteiger partial charge in [-0.1, -0.05) is 36.4 Å². The Hall–Kier alpha value is -1.63. The van der Waals surface area contributed by atoms with Gasteiger partial charge in [0.05, 0.1) is 5.69 Å². The maximum atomic E-state index is 4.47. The smallest absolute Gasteiger partial charge is 0.0655 e. The van der Waals surface area contributed by atoms with Crippen LogP contribution in [0.15, 0.2) is 47.5 Å². The molecule has 0 N–H and O–H groups in total. The molecule has 1 heteroatoms. The van der Waals surface area contributed by atoms with Crippen molar-refractivity contribution in [1.82, 2.24) is 0 Å². The van der Waals surface area contributed by atoms with Gasteiger partial charge >= 0.3 is 0 Å². The fraction of sp³-hybridized carbons (Fsp3) is 0.267. The molecule has 16 heavy (non-hydrogen) atoms. The Labute approximate surface area is 98.2 Å². The van der Waals surface area contributed by atoms with Gasteiger partial charge in [0.1, 0.15) is 0 Å². The lowest BCUT2D eigenvalue weighted by molar-refractivity contribution is 1.32. The summed E-state index contributed by atoms with van der Waals surface area (Å²) in [5, 5.41) is 0. The van der Waals surface area contributed by atoms with E-state index in [1.807, 2.05) is 19.2 Å². The van der Waals surface area contributed by atoms with E-state index in [2.05, 4.69) is 49.7 Å². The molecule has 0 amide bonds. The van der Waals surface area contributed by atoms with E-state index < -0.39 is 0 Å². The van der Waals surface area contributed by atoms with Gasteiger partial charge in [-0.25, -0.2) is 0 Å². The molecule has 0 saturated carbocycles. The average Bonchev–Trinajstić information content (AvgIpc) is 2.27. The number of allylic oxidation sites excluding steroid dienone is 3. The standard InChI is InChI=1S/C15H19N/c1-5-14(6-2)9-10-16-15-8-7-12(3)11-13(15)4/h5-8,10-11H,1,9H2,2-4H3/b14-6+,16-10-. The highest BCUT2D eigenvalue weighted by Gasteiger charge is 1.94. The fourth-order valence-electron chi connectivity index (χ4n) is 1.52. The Kier molecular flexibility index (Phi) is 4.71. The molecule has 0 aliphatic heterocycles. The van der Waals surface area contributed by atoms with E-state index in [4.69, 9.17) is 0 Å². The molecule has 0 aromatic heterocycles. The van der Waals surface area contributed by atoms with E-state index in [9.17, 15) is 0 Å². The number of benzene rings is 1. The minimum absolute atomic E-state index is 0.841. The Balaban J connectivity index is 2.73. The van der Waals surface area contributed by atoms with Gasteiger partial charge in [-0.3, -0.25) is 4.99 Å². The molecule has 0 unspecified atom stereocenters. The first-order valence-corrected chi connectivity index (χ1v) is 5.54. The summed E-state index contributed by atoms with van der Waals surface area (Å²) in [7, 11) is 0. The molecule has 0 saturated heterocycles. The molecule has 0 fully saturated rings. The number of hydrogen-bond donors (Lipinski definition) is 0. The Bertz CT molecular complexity index is 425. The number of aliphatic imine (C=N–C) groups is 1. The topological polar surface area (TPSA) is 12.4 Å². The molecule has 0 radical (unpaired) electrons. The van der Waals surface area contributed by atoms with Crippen LogP contribution in [0.25, 0.3) is 0 Å². The maximum absolute atomic E-state index is 4.47. The van der Waals surface area contributed by atoms with Crippen molar-refractivity contribution < 1.29 is 0 Å². The van der Waals surface area contributed by atoms with Crippen LogP contribution >= 0.6 is 0 Å². The van der Waals surface area contributed by atoms with Crippen molar-refractivity contribution in [2.24, 2.45) is 4.99 Å². The number of aryl methyl sites for hydroxylation is 2. The second kappa shape index (κ2) is 6.06. The van der Waals surface area contributed by atoms with Crippen LogP contribution < -0.4 is 0 Å².